The lowest BCUT2D eigenvalue weighted by atomic mass is 10.1. The molecule has 0 bridgehead atoms. The van der Waals surface area contributed by atoms with Gasteiger partial charge in [-0.05, 0) is 35.7 Å². The van der Waals surface area contributed by atoms with Crippen LogP contribution in [0.2, 0.25) is 0 Å². The Balaban J connectivity index is 1.97. The Hall–Kier alpha value is -3.76. The lowest BCUT2D eigenvalue weighted by Gasteiger charge is -2.15. The minimum atomic E-state index is -4.54. The van der Waals surface area contributed by atoms with Crippen LogP contribution in [0.3, 0.4) is 0 Å². The van der Waals surface area contributed by atoms with E-state index in [0.717, 1.165) is 33.4 Å². The summed E-state index contributed by atoms with van der Waals surface area (Å²) >= 11 is 0. The Labute approximate surface area is 189 Å². The monoisotopic (exact) mass is 478 g/mol. The number of imidazole rings is 1. The molecule has 4 aromatic rings. The predicted molar refractivity (Wildman–Crippen MR) is 115 cm³/mol. The highest BCUT2D eigenvalue weighted by Crippen LogP contribution is 2.30. The van der Waals surface area contributed by atoms with Crippen LogP contribution in [-0.2, 0) is 19.3 Å². The fourth-order valence-corrected chi connectivity index (χ4v) is 3.75. The van der Waals surface area contributed by atoms with Gasteiger partial charge in [0.05, 0.1) is 17.6 Å². The fraction of sp³-hybridized carbons (Fsp3) is 0.261. The summed E-state index contributed by atoms with van der Waals surface area (Å²) in [6.45, 7) is 3.41. The van der Waals surface area contributed by atoms with E-state index >= 15 is 0 Å². The Kier molecular flexibility index (Phi) is 5.88. The lowest BCUT2D eigenvalue weighted by Crippen LogP contribution is -2.41. The van der Waals surface area contributed by atoms with Gasteiger partial charge in [0.2, 0.25) is 0 Å². The second kappa shape index (κ2) is 8.54. The number of hydrogen-bond donors (Lipinski definition) is 0. The predicted octanol–water partition coefficient (Wildman–Crippen LogP) is 4.35. The molecule has 0 amide bonds. The van der Waals surface area contributed by atoms with Crippen molar-refractivity contribution >= 4 is 11.2 Å². The molecule has 0 atom stereocenters. The largest absolute Gasteiger partial charge is 0.416 e. The van der Waals surface area contributed by atoms with Crippen molar-refractivity contribution in [3.63, 3.8) is 0 Å². The number of aromatic nitrogens is 4. The van der Waals surface area contributed by atoms with Crippen LogP contribution < -0.4 is 11.2 Å². The number of benzene rings is 2. The fourth-order valence-electron chi connectivity index (χ4n) is 3.75. The maximum absolute atomic E-state index is 14.6. The van der Waals surface area contributed by atoms with Crippen molar-refractivity contribution in [1.29, 1.82) is 0 Å². The van der Waals surface area contributed by atoms with Gasteiger partial charge in [0.15, 0.2) is 11.2 Å². The van der Waals surface area contributed by atoms with Gasteiger partial charge in [0.1, 0.15) is 11.6 Å². The number of hydrogen-bond acceptors (Lipinski definition) is 3. The SMILES string of the molecule is CC(C)Cn1c(=O)c2c(ncn2Cc2cccc(C(F)(F)F)c2)n(-c2ccc(F)cc2F)c1=O. The van der Waals surface area contributed by atoms with Crippen molar-refractivity contribution in [1.82, 2.24) is 18.7 Å². The Morgan fingerprint density at radius 1 is 1.03 bits per heavy atom. The molecule has 0 radical (unpaired) electrons. The number of fused-ring (bicyclic) bond motifs is 1. The first-order valence-corrected chi connectivity index (χ1v) is 10.3. The van der Waals surface area contributed by atoms with Crippen LogP contribution in [0.4, 0.5) is 22.0 Å². The zero-order valence-electron chi connectivity index (χ0n) is 18.1. The van der Waals surface area contributed by atoms with Crippen LogP contribution in [0.25, 0.3) is 16.9 Å². The Morgan fingerprint density at radius 2 is 1.76 bits per heavy atom. The van der Waals surface area contributed by atoms with E-state index in [-0.39, 0.29) is 41.4 Å². The van der Waals surface area contributed by atoms with Crippen molar-refractivity contribution in [2.75, 3.05) is 0 Å². The standard InChI is InChI=1S/C23H19F5N4O2/c1-13(2)10-31-21(33)19-20(32(22(31)34)18-7-6-16(24)9-17(18)25)29-12-30(19)11-14-4-3-5-15(8-14)23(26,27)28/h3-9,12-13H,10-11H2,1-2H3. The highest BCUT2D eigenvalue weighted by molar-refractivity contribution is 5.72. The van der Waals surface area contributed by atoms with E-state index in [2.05, 4.69) is 4.98 Å². The van der Waals surface area contributed by atoms with Crippen LogP contribution in [0.1, 0.15) is 25.0 Å². The summed E-state index contributed by atoms with van der Waals surface area (Å²) in [5.41, 5.74) is -2.77. The number of alkyl halides is 3. The first-order chi connectivity index (χ1) is 16.0. The van der Waals surface area contributed by atoms with E-state index < -0.39 is 34.6 Å². The van der Waals surface area contributed by atoms with E-state index in [1.54, 1.807) is 13.8 Å². The van der Waals surface area contributed by atoms with E-state index in [9.17, 15) is 31.5 Å². The molecule has 0 aliphatic carbocycles. The van der Waals surface area contributed by atoms with E-state index in [1.165, 1.54) is 23.0 Å². The van der Waals surface area contributed by atoms with Gasteiger partial charge in [-0.1, -0.05) is 26.0 Å². The average molecular weight is 478 g/mol. The van der Waals surface area contributed by atoms with E-state index in [0.29, 0.717) is 6.07 Å². The highest BCUT2D eigenvalue weighted by Gasteiger charge is 2.30. The maximum Gasteiger partial charge on any atom is 0.416 e. The molecule has 0 N–H and O–H groups in total. The van der Waals surface area contributed by atoms with Crippen LogP contribution in [-0.4, -0.2) is 18.7 Å². The molecule has 0 spiro atoms. The second-order valence-corrected chi connectivity index (χ2v) is 8.27. The molecule has 0 saturated carbocycles. The van der Waals surface area contributed by atoms with E-state index in [4.69, 9.17) is 0 Å². The first-order valence-electron chi connectivity index (χ1n) is 10.3. The van der Waals surface area contributed by atoms with E-state index in [1.807, 2.05) is 0 Å². The third kappa shape index (κ3) is 4.25. The zero-order chi connectivity index (χ0) is 24.8. The molecular formula is C23H19F5N4O2. The van der Waals surface area contributed by atoms with Crippen molar-refractivity contribution in [3.05, 3.63) is 92.4 Å². The molecule has 2 aromatic heterocycles. The number of halogens is 5. The van der Waals surface area contributed by atoms with Crippen LogP contribution in [0, 0.1) is 17.6 Å². The maximum atomic E-state index is 14.6. The smallest absolute Gasteiger partial charge is 0.320 e. The summed E-state index contributed by atoms with van der Waals surface area (Å²) in [6.07, 6.45) is -3.35. The quantitative estimate of drug-likeness (QED) is 0.401. The summed E-state index contributed by atoms with van der Waals surface area (Å²) < 4.78 is 70.5. The normalized spacial score (nSPS) is 12.1. The third-order valence-corrected chi connectivity index (χ3v) is 5.21. The van der Waals surface area contributed by atoms with Crippen molar-refractivity contribution in [3.8, 4) is 5.69 Å². The molecule has 2 heterocycles. The molecule has 178 valence electrons. The van der Waals surface area contributed by atoms with Gasteiger partial charge in [-0.15, -0.1) is 0 Å². The molecule has 0 fully saturated rings. The molecule has 11 heteroatoms. The van der Waals surface area contributed by atoms with Gasteiger partial charge in [-0.2, -0.15) is 13.2 Å². The molecule has 0 saturated heterocycles. The third-order valence-electron chi connectivity index (χ3n) is 5.21. The van der Waals surface area contributed by atoms with Gasteiger partial charge in [0.25, 0.3) is 5.56 Å². The van der Waals surface area contributed by atoms with Crippen molar-refractivity contribution < 1.29 is 22.0 Å². The first kappa shape index (κ1) is 23.4. The van der Waals surface area contributed by atoms with Crippen LogP contribution >= 0.6 is 0 Å². The number of rotatable bonds is 5. The highest BCUT2D eigenvalue weighted by atomic mass is 19.4. The lowest BCUT2D eigenvalue weighted by molar-refractivity contribution is -0.137. The summed E-state index contributed by atoms with van der Waals surface area (Å²) in [6, 6.07) is 7.22. The molecule has 2 aromatic carbocycles. The minimum absolute atomic E-state index is 0.00512. The van der Waals surface area contributed by atoms with Crippen molar-refractivity contribution in [2.45, 2.75) is 33.1 Å². The Morgan fingerprint density at radius 3 is 2.41 bits per heavy atom. The minimum Gasteiger partial charge on any atom is -0.320 e. The van der Waals surface area contributed by atoms with Crippen LogP contribution in [0.5, 0.6) is 0 Å². The zero-order valence-corrected chi connectivity index (χ0v) is 18.1. The molecule has 0 aliphatic heterocycles. The van der Waals surface area contributed by atoms with Crippen LogP contribution in [0.15, 0.2) is 58.4 Å². The summed E-state index contributed by atoms with van der Waals surface area (Å²) in [7, 11) is 0. The average Bonchev–Trinajstić information content (AvgIpc) is 3.15. The molecular weight excluding hydrogens is 459 g/mol. The van der Waals surface area contributed by atoms with Gasteiger partial charge in [0, 0.05) is 19.2 Å². The molecule has 6 nitrogen and oxygen atoms in total. The molecule has 4 rings (SSSR count). The number of nitrogens with zero attached hydrogens (tertiary/aromatic N) is 4. The summed E-state index contributed by atoms with van der Waals surface area (Å²) in [4.78, 5) is 30.5. The molecule has 0 unspecified atom stereocenters. The molecule has 0 aliphatic rings. The van der Waals surface area contributed by atoms with Gasteiger partial charge in [-0.25, -0.2) is 23.1 Å². The second-order valence-electron chi connectivity index (χ2n) is 8.27. The Bertz CT molecular complexity index is 1500. The van der Waals surface area contributed by atoms with Gasteiger partial charge >= 0.3 is 11.9 Å². The van der Waals surface area contributed by atoms with Gasteiger partial charge in [-0.3, -0.25) is 9.36 Å². The summed E-state index contributed by atoms with van der Waals surface area (Å²) in [5, 5.41) is 0. The van der Waals surface area contributed by atoms with Crippen molar-refractivity contribution in [2.24, 2.45) is 5.92 Å². The molecule has 34 heavy (non-hydrogen) atoms. The topological polar surface area (TPSA) is 61.8 Å². The van der Waals surface area contributed by atoms with Gasteiger partial charge < -0.3 is 4.57 Å². The summed E-state index contributed by atoms with van der Waals surface area (Å²) in [5.74, 6) is -2.02.